The smallest absolute Gasteiger partial charge is 0.406 e. The number of rotatable bonds is 8. The zero-order chi connectivity index (χ0) is 24.7. The van der Waals surface area contributed by atoms with Crippen molar-refractivity contribution in [2.45, 2.75) is 18.8 Å². The second kappa shape index (κ2) is 11.0. The molecule has 0 aliphatic carbocycles. The third-order valence-corrected chi connectivity index (χ3v) is 5.04. The van der Waals surface area contributed by atoms with Gasteiger partial charge < -0.3 is 29.2 Å². The Morgan fingerprint density at radius 2 is 1.88 bits per heavy atom. The van der Waals surface area contributed by atoms with E-state index in [4.69, 9.17) is 4.74 Å². The molecule has 1 N–H and O–H groups in total. The zero-order valence-electron chi connectivity index (χ0n) is 18.3. The van der Waals surface area contributed by atoms with Crippen LogP contribution in [0.25, 0.3) is 0 Å². The summed E-state index contributed by atoms with van der Waals surface area (Å²) in [4.78, 5) is 44.9. The molecule has 1 aromatic heterocycles. The molecular weight excluding hydrogens is 459 g/mol. The molecule has 1 fully saturated rings. The van der Waals surface area contributed by atoms with E-state index < -0.39 is 30.0 Å². The number of imidazole rings is 1. The van der Waals surface area contributed by atoms with E-state index in [-0.39, 0.29) is 24.6 Å². The number of benzene rings is 1. The molecule has 3 amide bonds. The van der Waals surface area contributed by atoms with Crippen molar-refractivity contribution in [3.63, 3.8) is 0 Å². The van der Waals surface area contributed by atoms with Crippen molar-refractivity contribution in [2.75, 3.05) is 45.2 Å². The Labute approximate surface area is 193 Å². The Bertz CT molecular complexity index is 976. The van der Waals surface area contributed by atoms with E-state index in [0.717, 1.165) is 12.1 Å². The number of amides is 3. The topological polar surface area (TPSA) is 106 Å². The minimum atomic E-state index is -4.81. The summed E-state index contributed by atoms with van der Waals surface area (Å²) in [6.07, 6.45) is -0.442. The summed E-state index contributed by atoms with van der Waals surface area (Å²) in [5.41, 5.74) is 0.235. The Hall–Kier alpha value is -3.61. The molecule has 184 valence electrons. The van der Waals surface area contributed by atoms with Gasteiger partial charge in [0, 0.05) is 38.2 Å². The largest absolute Gasteiger partial charge is 0.573 e. The van der Waals surface area contributed by atoms with E-state index in [1.807, 2.05) is 0 Å². The third-order valence-electron chi connectivity index (χ3n) is 5.04. The van der Waals surface area contributed by atoms with Gasteiger partial charge in [0.2, 0.25) is 17.7 Å². The normalized spacial score (nSPS) is 14.9. The maximum absolute atomic E-state index is 13.0. The summed E-state index contributed by atoms with van der Waals surface area (Å²) in [5, 5.41) is 2.50. The summed E-state index contributed by atoms with van der Waals surface area (Å²) in [6.45, 7) is 1.36. The number of hydrogen-bond acceptors (Lipinski definition) is 6. The van der Waals surface area contributed by atoms with Crippen molar-refractivity contribution in [1.82, 2.24) is 19.4 Å². The fraction of sp³-hybridized carbons (Fsp3) is 0.429. The van der Waals surface area contributed by atoms with E-state index in [1.54, 1.807) is 15.7 Å². The number of alkyl halides is 3. The van der Waals surface area contributed by atoms with E-state index in [2.05, 4.69) is 15.0 Å². The van der Waals surface area contributed by atoms with Gasteiger partial charge in [0.15, 0.2) is 0 Å². The fourth-order valence-corrected chi connectivity index (χ4v) is 3.33. The Morgan fingerprint density at radius 3 is 2.47 bits per heavy atom. The molecule has 1 aromatic carbocycles. The summed E-state index contributed by atoms with van der Waals surface area (Å²) in [5.74, 6) is -1.66. The first-order valence-corrected chi connectivity index (χ1v) is 10.4. The number of nitrogens with one attached hydrogen (secondary N) is 1. The Morgan fingerprint density at radius 1 is 1.21 bits per heavy atom. The van der Waals surface area contributed by atoms with Crippen LogP contribution in [-0.4, -0.2) is 83.3 Å². The van der Waals surface area contributed by atoms with Crippen LogP contribution in [0.1, 0.15) is 12.5 Å². The molecule has 0 unspecified atom stereocenters. The summed E-state index contributed by atoms with van der Waals surface area (Å²) in [6, 6.07) is 3.80. The van der Waals surface area contributed by atoms with Crippen molar-refractivity contribution in [3.8, 4) is 5.75 Å². The van der Waals surface area contributed by atoms with Gasteiger partial charge >= 0.3 is 6.36 Å². The number of morpholine rings is 1. The second-order valence-electron chi connectivity index (χ2n) is 7.54. The summed E-state index contributed by atoms with van der Waals surface area (Å²) in [7, 11) is 1.42. The number of likely N-dealkylation sites (N-methyl/N-ethyl adjacent to an activating group) is 1. The maximum Gasteiger partial charge on any atom is 0.573 e. The molecule has 2 heterocycles. The van der Waals surface area contributed by atoms with Gasteiger partial charge in [-0.1, -0.05) is 0 Å². The minimum Gasteiger partial charge on any atom is -0.406 e. The highest BCUT2D eigenvalue weighted by Gasteiger charge is 2.31. The van der Waals surface area contributed by atoms with Crippen LogP contribution in [0.5, 0.6) is 5.75 Å². The zero-order valence-corrected chi connectivity index (χ0v) is 18.3. The number of anilines is 1. The lowest BCUT2D eigenvalue weighted by Crippen LogP contribution is -2.45. The molecule has 3 rings (SSSR count). The third kappa shape index (κ3) is 7.20. The molecular formula is C21H24F3N5O5. The van der Waals surface area contributed by atoms with E-state index in [9.17, 15) is 27.6 Å². The number of nitrogens with zero attached hydrogens (tertiary/aromatic N) is 4. The van der Waals surface area contributed by atoms with E-state index >= 15 is 0 Å². The van der Waals surface area contributed by atoms with Crippen LogP contribution in [0.3, 0.4) is 0 Å². The lowest BCUT2D eigenvalue weighted by atomic mass is 10.1. The molecule has 0 spiro atoms. The highest BCUT2D eigenvalue weighted by Crippen LogP contribution is 2.24. The van der Waals surface area contributed by atoms with Gasteiger partial charge in [0.25, 0.3) is 0 Å². The molecule has 1 aliphatic heterocycles. The van der Waals surface area contributed by atoms with Crippen molar-refractivity contribution >= 4 is 23.4 Å². The first kappa shape index (κ1) is 25.0. The van der Waals surface area contributed by atoms with Crippen LogP contribution in [0.2, 0.25) is 0 Å². The summed E-state index contributed by atoms with van der Waals surface area (Å²) >= 11 is 0. The van der Waals surface area contributed by atoms with Gasteiger partial charge in [0.05, 0.1) is 32.5 Å². The average molecular weight is 483 g/mol. The lowest BCUT2D eigenvalue weighted by Gasteiger charge is -2.31. The molecule has 0 bridgehead atoms. The molecule has 0 radical (unpaired) electrons. The number of hydrogen-bond donors (Lipinski definition) is 1. The molecule has 34 heavy (non-hydrogen) atoms. The molecule has 1 aliphatic rings. The van der Waals surface area contributed by atoms with Crippen LogP contribution in [0.15, 0.2) is 43.0 Å². The molecule has 0 saturated carbocycles. The lowest BCUT2D eigenvalue weighted by molar-refractivity contribution is -0.274. The standard InChI is InChI=1S/C21H24F3N5O5/c1-27(13-18(30)26-15-2-4-16(5-3-15)34-21(22,23)24)19(31)12-17(29-7-6-25-14-29)20(32)28-8-10-33-11-9-28/h2-7,14,17H,8-13H2,1H3,(H,26,30)/t17-/m1/s1. The summed E-state index contributed by atoms with van der Waals surface area (Å²) < 4.78 is 47.3. The van der Waals surface area contributed by atoms with E-state index in [0.29, 0.717) is 26.3 Å². The minimum absolute atomic E-state index is 0.181. The van der Waals surface area contributed by atoms with Gasteiger partial charge in [-0.3, -0.25) is 14.4 Å². The Kier molecular flexibility index (Phi) is 8.10. The van der Waals surface area contributed by atoms with Gasteiger partial charge in [-0.05, 0) is 24.3 Å². The molecule has 2 aromatic rings. The van der Waals surface area contributed by atoms with Crippen LogP contribution in [-0.2, 0) is 19.1 Å². The van der Waals surface area contributed by atoms with Crippen molar-refractivity contribution in [1.29, 1.82) is 0 Å². The van der Waals surface area contributed by atoms with Crippen molar-refractivity contribution < 1.29 is 37.0 Å². The fourth-order valence-electron chi connectivity index (χ4n) is 3.33. The first-order chi connectivity index (χ1) is 16.1. The Balaban J connectivity index is 1.56. The average Bonchev–Trinajstić information content (AvgIpc) is 3.32. The van der Waals surface area contributed by atoms with Crippen LogP contribution < -0.4 is 10.1 Å². The maximum atomic E-state index is 13.0. The second-order valence-corrected chi connectivity index (χ2v) is 7.54. The number of aromatic nitrogens is 2. The van der Waals surface area contributed by atoms with Gasteiger partial charge in [-0.15, -0.1) is 13.2 Å². The predicted octanol–water partition coefficient (Wildman–Crippen LogP) is 1.67. The quantitative estimate of drug-likeness (QED) is 0.613. The first-order valence-electron chi connectivity index (χ1n) is 10.4. The van der Waals surface area contributed by atoms with Gasteiger partial charge in [-0.2, -0.15) is 0 Å². The van der Waals surface area contributed by atoms with Crippen LogP contribution >= 0.6 is 0 Å². The van der Waals surface area contributed by atoms with Gasteiger partial charge in [-0.25, -0.2) is 4.98 Å². The monoisotopic (exact) mass is 483 g/mol. The van der Waals surface area contributed by atoms with Crippen molar-refractivity contribution in [3.05, 3.63) is 43.0 Å². The highest BCUT2D eigenvalue weighted by atomic mass is 19.4. The molecule has 10 nitrogen and oxygen atoms in total. The van der Waals surface area contributed by atoms with Gasteiger partial charge in [0.1, 0.15) is 11.8 Å². The molecule has 1 atom stereocenters. The molecule has 13 heteroatoms. The number of halogens is 3. The number of carbonyl (C=O) groups is 3. The van der Waals surface area contributed by atoms with Crippen molar-refractivity contribution in [2.24, 2.45) is 0 Å². The number of carbonyl (C=O) groups excluding carboxylic acids is 3. The molecule has 1 saturated heterocycles. The SMILES string of the molecule is CN(CC(=O)Nc1ccc(OC(F)(F)F)cc1)C(=O)C[C@H](C(=O)N1CCOCC1)n1ccnc1. The van der Waals surface area contributed by atoms with E-state index in [1.165, 1.54) is 36.6 Å². The predicted molar refractivity (Wildman–Crippen MR) is 113 cm³/mol. The van der Waals surface area contributed by atoms with Crippen LogP contribution in [0, 0.1) is 0 Å². The highest BCUT2D eigenvalue weighted by molar-refractivity contribution is 5.95. The number of ether oxygens (including phenoxy) is 2. The van der Waals surface area contributed by atoms with Crippen LogP contribution in [0.4, 0.5) is 18.9 Å².